The second kappa shape index (κ2) is 6.51. The molecule has 0 radical (unpaired) electrons. The lowest BCUT2D eigenvalue weighted by atomic mass is 10.2. The molecular weight excluding hydrogens is 292 g/mol. The van der Waals surface area contributed by atoms with E-state index in [0.717, 1.165) is 12.8 Å². The van der Waals surface area contributed by atoms with E-state index in [1.807, 2.05) is 0 Å². The lowest BCUT2D eigenvalue weighted by Gasteiger charge is -2.21. The van der Waals surface area contributed by atoms with Crippen LogP contribution in [0.1, 0.15) is 23.2 Å². The third kappa shape index (κ3) is 3.89. The SMILES string of the molecule is C#CCN(CC1CC1)C(=O)Nc1cccc(Cl)c1C(=O)O. The van der Waals surface area contributed by atoms with Gasteiger partial charge in [-0.1, -0.05) is 23.6 Å². The molecule has 2 amide bonds. The van der Waals surface area contributed by atoms with Crippen LogP contribution in [0.3, 0.4) is 0 Å². The summed E-state index contributed by atoms with van der Waals surface area (Å²) in [4.78, 5) is 25.0. The maximum absolute atomic E-state index is 12.2. The summed E-state index contributed by atoms with van der Waals surface area (Å²) in [6, 6.07) is 4.13. The van der Waals surface area contributed by atoms with Gasteiger partial charge in [0.2, 0.25) is 0 Å². The van der Waals surface area contributed by atoms with Crippen LogP contribution in [0.25, 0.3) is 0 Å². The summed E-state index contributed by atoms with van der Waals surface area (Å²) in [5.74, 6) is 1.73. The van der Waals surface area contributed by atoms with Crippen molar-refractivity contribution in [3.8, 4) is 12.3 Å². The number of halogens is 1. The van der Waals surface area contributed by atoms with Gasteiger partial charge in [0.15, 0.2) is 0 Å². The van der Waals surface area contributed by atoms with Crippen LogP contribution in [-0.4, -0.2) is 35.1 Å². The minimum Gasteiger partial charge on any atom is -0.478 e. The first-order valence-electron chi connectivity index (χ1n) is 6.54. The van der Waals surface area contributed by atoms with Crippen LogP contribution in [0.15, 0.2) is 18.2 Å². The number of amides is 2. The van der Waals surface area contributed by atoms with Crippen molar-refractivity contribution in [1.29, 1.82) is 0 Å². The van der Waals surface area contributed by atoms with Crippen molar-refractivity contribution in [2.75, 3.05) is 18.4 Å². The summed E-state index contributed by atoms with van der Waals surface area (Å²) in [7, 11) is 0. The molecule has 21 heavy (non-hydrogen) atoms. The first kappa shape index (κ1) is 15.2. The molecule has 1 aliphatic carbocycles. The zero-order valence-corrected chi connectivity index (χ0v) is 12.1. The fraction of sp³-hybridized carbons (Fsp3) is 0.333. The number of nitrogens with one attached hydrogen (secondary N) is 1. The molecule has 0 aliphatic heterocycles. The third-order valence-electron chi connectivity index (χ3n) is 3.21. The van der Waals surface area contributed by atoms with Crippen molar-refractivity contribution >= 4 is 29.3 Å². The van der Waals surface area contributed by atoms with Gasteiger partial charge in [-0.05, 0) is 30.9 Å². The Morgan fingerprint density at radius 2 is 2.19 bits per heavy atom. The first-order valence-corrected chi connectivity index (χ1v) is 6.92. The normalized spacial score (nSPS) is 13.3. The average molecular weight is 307 g/mol. The fourth-order valence-corrected chi connectivity index (χ4v) is 2.24. The number of terminal acetylenes is 1. The van der Waals surface area contributed by atoms with Crippen molar-refractivity contribution in [2.24, 2.45) is 5.92 Å². The van der Waals surface area contributed by atoms with Gasteiger partial charge in [-0.2, -0.15) is 0 Å². The molecule has 0 saturated heterocycles. The van der Waals surface area contributed by atoms with E-state index in [1.54, 1.807) is 6.07 Å². The van der Waals surface area contributed by atoms with Crippen LogP contribution in [0.2, 0.25) is 5.02 Å². The Hall–Kier alpha value is -2.19. The molecule has 1 aromatic rings. The van der Waals surface area contributed by atoms with Crippen LogP contribution in [-0.2, 0) is 0 Å². The number of anilines is 1. The number of carboxylic acids is 1. The predicted octanol–water partition coefficient (Wildman–Crippen LogP) is 2.92. The minimum atomic E-state index is -1.19. The maximum atomic E-state index is 12.2. The number of hydrogen-bond acceptors (Lipinski definition) is 2. The van der Waals surface area contributed by atoms with Crippen LogP contribution in [0.5, 0.6) is 0 Å². The van der Waals surface area contributed by atoms with Gasteiger partial charge in [0.05, 0.1) is 17.3 Å². The van der Waals surface area contributed by atoms with E-state index in [1.165, 1.54) is 17.0 Å². The number of hydrogen-bond donors (Lipinski definition) is 2. The van der Waals surface area contributed by atoms with E-state index >= 15 is 0 Å². The molecular formula is C15H15ClN2O3. The zero-order valence-electron chi connectivity index (χ0n) is 11.3. The van der Waals surface area contributed by atoms with Crippen molar-refractivity contribution in [1.82, 2.24) is 4.90 Å². The number of urea groups is 1. The first-order chi connectivity index (χ1) is 10.0. The molecule has 1 saturated carbocycles. The number of benzene rings is 1. The largest absolute Gasteiger partial charge is 0.478 e. The van der Waals surface area contributed by atoms with Gasteiger partial charge in [-0.25, -0.2) is 9.59 Å². The van der Waals surface area contributed by atoms with E-state index < -0.39 is 12.0 Å². The van der Waals surface area contributed by atoms with Crippen LogP contribution < -0.4 is 5.32 Å². The smallest absolute Gasteiger partial charge is 0.339 e. The second-order valence-electron chi connectivity index (χ2n) is 4.93. The topological polar surface area (TPSA) is 69.6 Å². The number of aromatic carboxylic acids is 1. The highest BCUT2D eigenvalue weighted by Gasteiger charge is 2.27. The summed E-state index contributed by atoms with van der Waals surface area (Å²) in [5, 5.41) is 11.8. The van der Waals surface area contributed by atoms with Gasteiger partial charge in [-0.15, -0.1) is 6.42 Å². The van der Waals surface area contributed by atoms with E-state index in [2.05, 4.69) is 11.2 Å². The van der Waals surface area contributed by atoms with E-state index in [4.69, 9.17) is 18.0 Å². The molecule has 2 N–H and O–H groups in total. The molecule has 1 aliphatic rings. The molecule has 0 atom stereocenters. The molecule has 110 valence electrons. The Morgan fingerprint density at radius 1 is 1.48 bits per heavy atom. The van der Waals surface area contributed by atoms with Gasteiger partial charge in [0.1, 0.15) is 5.56 Å². The van der Waals surface area contributed by atoms with Crippen LogP contribution in [0.4, 0.5) is 10.5 Å². The Kier molecular flexibility index (Phi) is 4.71. The van der Waals surface area contributed by atoms with Gasteiger partial charge >= 0.3 is 12.0 Å². The molecule has 0 spiro atoms. The lowest BCUT2D eigenvalue weighted by Crippen LogP contribution is -2.37. The Balaban J connectivity index is 2.16. The van der Waals surface area contributed by atoms with E-state index in [0.29, 0.717) is 12.5 Å². The molecule has 2 rings (SSSR count). The van der Waals surface area contributed by atoms with Crippen molar-refractivity contribution in [3.05, 3.63) is 28.8 Å². The minimum absolute atomic E-state index is 0.0750. The van der Waals surface area contributed by atoms with E-state index in [-0.39, 0.29) is 22.8 Å². The number of rotatable bonds is 5. The fourth-order valence-electron chi connectivity index (χ4n) is 1.98. The number of carboxylic acid groups (broad SMARTS) is 1. The van der Waals surface area contributed by atoms with Gasteiger partial charge < -0.3 is 15.3 Å². The molecule has 0 bridgehead atoms. The lowest BCUT2D eigenvalue weighted by molar-refractivity contribution is 0.0698. The maximum Gasteiger partial charge on any atom is 0.339 e. The Morgan fingerprint density at radius 3 is 2.76 bits per heavy atom. The molecule has 5 nitrogen and oxygen atoms in total. The Labute approximate surface area is 127 Å². The standard InChI is InChI=1S/C15H15ClN2O3/c1-2-8-18(9-10-6-7-10)15(21)17-12-5-3-4-11(16)13(12)14(19)20/h1,3-5,10H,6-9H2,(H,17,21)(H,19,20). The quantitative estimate of drug-likeness (QED) is 0.822. The molecule has 1 fully saturated rings. The highest BCUT2D eigenvalue weighted by molar-refractivity contribution is 6.34. The summed E-state index contributed by atoms with van der Waals surface area (Å²) in [6.45, 7) is 0.768. The van der Waals surface area contributed by atoms with Gasteiger partial charge in [0, 0.05) is 6.54 Å². The van der Waals surface area contributed by atoms with E-state index in [9.17, 15) is 14.7 Å². The Bertz CT molecular complexity index is 605. The highest BCUT2D eigenvalue weighted by atomic mass is 35.5. The summed E-state index contributed by atoms with van der Waals surface area (Å²) in [5.41, 5.74) is 0.0393. The monoisotopic (exact) mass is 306 g/mol. The molecule has 0 heterocycles. The van der Waals surface area contributed by atoms with Crippen LogP contribution >= 0.6 is 11.6 Å². The third-order valence-corrected chi connectivity index (χ3v) is 3.53. The number of nitrogens with zero attached hydrogens (tertiary/aromatic N) is 1. The highest BCUT2D eigenvalue weighted by Crippen LogP contribution is 2.30. The molecule has 0 aromatic heterocycles. The van der Waals surface area contributed by atoms with Crippen molar-refractivity contribution in [2.45, 2.75) is 12.8 Å². The molecule has 1 aromatic carbocycles. The summed E-state index contributed by atoms with van der Waals surface area (Å²) >= 11 is 5.86. The van der Waals surface area contributed by atoms with Gasteiger partial charge in [0.25, 0.3) is 0 Å². The average Bonchev–Trinajstić information content (AvgIpc) is 3.21. The van der Waals surface area contributed by atoms with Crippen molar-refractivity contribution in [3.63, 3.8) is 0 Å². The number of carbonyl (C=O) groups excluding carboxylic acids is 1. The van der Waals surface area contributed by atoms with Gasteiger partial charge in [-0.3, -0.25) is 0 Å². The van der Waals surface area contributed by atoms with Crippen LogP contribution in [0, 0.1) is 18.3 Å². The van der Waals surface area contributed by atoms with Crippen molar-refractivity contribution < 1.29 is 14.7 Å². The summed E-state index contributed by atoms with van der Waals surface area (Å²) in [6.07, 6.45) is 7.45. The molecule has 6 heteroatoms. The predicted molar refractivity (Wildman–Crippen MR) is 80.6 cm³/mol. The summed E-state index contributed by atoms with van der Waals surface area (Å²) < 4.78 is 0. The molecule has 0 unspecified atom stereocenters. The second-order valence-corrected chi connectivity index (χ2v) is 5.33. The zero-order chi connectivity index (χ0) is 15.4. The number of carbonyl (C=O) groups is 2.